The smallest absolute Gasteiger partial charge is 0.213 e. The molecule has 0 saturated carbocycles. The van der Waals surface area contributed by atoms with Gasteiger partial charge in [-0.3, -0.25) is 0 Å². The summed E-state index contributed by atoms with van der Waals surface area (Å²) in [5.74, 6) is 1.54. The predicted molar refractivity (Wildman–Crippen MR) is 103 cm³/mol. The Morgan fingerprint density at radius 1 is 0.885 bits per heavy atom. The van der Waals surface area contributed by atoms with Crippen LogP contribution in [0.1, 0.15) is 16.7 Å². The van der Waals surface area contributed by atoms with Crippen molar-refractivity contribution < 1.29 is 9.47 Å². The first-order valence-corrected chi connectivity index (χ1v) is 8.81. The first kappa shape index (κ1) is 18.0. The van der Waals surface area contributed by atoms with Gasteiger partial charge in [-0.2, -0.15) is 0 Å². The number of pyridine rings is 1. The molecule has 0 amide bonds. The van der Waals surface area contributed by atoms with Crippen LogP contribution in [0.15, 0.2) is 72.9 Å². The van der Waals surface area contributed by atoms with Crippen LogP contribution in [0.5, 0.6) is 11.6 Å². The molecule has 3 rings (SSSR count). The standard InChI is InChI=1S/C22H24N2O2/c1-18-8-10-19(11-9-18)17-26-21-6-4-5-20(15-21)16-23-13-14-25-22-7-2-3-12-24-22/h2-12,15,23H,13-14,16-17H2,1H3. The molecule has 0 bridgehead atoms. The Balaban J connectivity index is 1.40. The van der Waals surface area contributed by atoms with Gasteiger partial charge >= 0.3 is 0 Å². The van der Waals surface area contributed by atoms with Crippen molar-refractivity contribution in [1.82, 2.24) is 10.3 Å². The lowest BCUT2D eigenvalue weighted by Crippen LogP contribution is -2.20. The monoisotopic (exact) mass is 348 g/mol. The van der Waals surface area contributed by atoms with Crippen LogP contribution in [0.3, 0.4) is 0 Å². The fourth-order valence-corrected chi connectivity index (χ4v) is 2.49. The quantitative estimate of drug-likeness (QED) is 0.590. The molecular formula is C22H24N2O2. The van der Waals surface area contributed by atoms with Gasteiger partial charge in [-0.05, 0) is 36.2 Å². The molecule has 0 aliphatic heterocycles. The van der Waals surface area contributed by atoms with Crippen LogP contribution < -0.4 is 14.8 Å². The van der Waals surface area contributed by atoms with E-state index in [0.29, 0.717) is 19.1 Å². The van der Waals surface area contributed by atoms with Gasteiger partial charge in [0.15, 0.2) is 0 Å². The van der Waals surface area contributed by atoms with Crippen LogP contribution in [-0.2, 0) is 13.2 Å². The molecule has 0 fully saturated rings. The minimum Gasteiger partial charge on any atom is -0.489 e. The molecule has 1 N–H and O–H groups in total. The summed E-state index contributed by atoms with van der Waals surface area (Å²) in [5, 5.41) is 3.37. The molecule has 0 spiro atoms. The van der Waals surface area contributed by atoms with E-state index in [4.69, 9.17) is 9.47 Å². The van der Waals surface area contributed by atoms with E-state index in [2.05, 4.69) is 53.6 Å². The first-order valence-electron chi connectivity index (χ1n) is 8.81. The maximum atomic E-state index is 5.90. The summed E-state index contributed by atoms with van der Waals surface area (Å²) in [5.41, 5.74) is 3.61. The summed E-state index contributed by atoms with van der Waals surface area (Å²) in [6.07, 6.45) is 1.73. The number of hydrogen-bond acceptors (Lipinski definition) is 4. The number of nitrogens with one attached hydrogen (secondary N) is 1. The second-order valence-electron chi connectivity index (χ2n) is 6.11. The minimum absolute atomic E-state index is 0.578. The van der Waals surface area contributed by atoms with Crippen molar-refractivity contribution in [2.75, 3.05) is 13.2 Å². The Morgan fingerprint density at radius 2 is 1.77 bits per heavy atom. The third kappa shape index (κ3) is 5.90. The molecule has 0 saturated heterocycles. The Morgan fingerprint density at radius 3 is 2.58 bits per heavy atom. The molecule has 0 radical (unpaired) electrons. The van der Waals surface area contributed by atoms with Crippen molar-refractivity contribution in [3.05, 3.63) is 89.6 Å². The molecule has 134 valence electrons. The van der Waals surface area contributed by atoms with E-state index in [-0.39, 0.29) is 0 Å². The lowest BCUT2D eigenvalue weighted by molar-refractivity contribution is 0.301. The molecule has 0 aliphatic rings. The molecular weight excluding hydrogens is 324 g/mol. The molecule has 0 atom stereocenters. The highest BCUT2D eigenvalue weighted by Crippen LogP contribution is 2.15. The Kier molecular flexibility index (Phi) is 6.62. The van der Waals surface area contributed by atoms with E-state index in [9.17, 15) is 0 Å². The van der Waals surface area contributed by atoms with E-state index in [0.717, 1.165) is 18.8 Å². The van der Waals surface area contributed by atoms with Crippen LogP contribution in [0.2, 0.25) is 0 Å². The molecule has 1 aromatic heterocycles. The molecule has 0 unspecified atom stereocenters. The van der Waals surface area contributed by atoms with Crippen LogP contribution in [0, 0.1) is 6.92 Å². The van der Waals surface area contributed by atoms with Gasteiger partial charge in [0.25, 0.3) is 0 Å². The van der Waals surface area contributed by atoms with Gasteiger partial charge in [0, 0.05) is 25.4 Å². The van der Waals surface area contributed by atoms with Crippen LogP contribution >= 0.6 is 0 Å². The van der Waals surface area contributed by atoms with Crippen molar-refractivity contribution in [3.63, 3.8) is 0 Å². The number of benzene rings is 2. The van der Waals surface area contributed by atoms with Gasteiger partial charge < -0.3 is 14.8 Å². The third-order valence-electron chi connectivity index (χ3n) is 3.92. The van der Waals surface area contributed by atoms with Crippen molar-refractivity contribution >= 4 is 0 Å². The summed E-state index contributed by atoms with van der Waals surface area (Å²) >= 11 is 0. The molecule has 3 aromatic rings. The highest BCUT2D eigenvalue weighted by atomic mass is 16.5. The molecule has 0 aliphatic carbocycles. The number of ether oxygens (including phenoxy) is 2. The average molecular weight is 348 g/mol. The number of aryl methyl sites for hydroxylation is 1. The lowest BCUT2D eigenvalue weighted by atomic mass is 10.2. The van der Waals surface area contributed by atoms with E-state index in [1.165, 1.54) is 16.7 Å². The van der Waals surface area contributed by atoms with E-state index >= 15 is 0 Å². The van der Waals surface area contributed by atoms with E-state index < -0.39 is 0 Å². The summed E-state index contributed by atoms with van der Waals surface area (Å²) in [4.78, 5) is 4.13. The summed E-state index contributed by atoms with van der Waals surface area (Å²) in [7, 11) is 0. The summed E-state index contributed by atoms with van der Waals surface area (Å²) in [6.45, 7) is 4.77. The lowest BCUT2D eigenvalue weighted by Gasteiger charge is -2.10. The SMILES string of the molecule is Cc1ccc(COc2cccc(CNCCOc3ccccn3)c2)cc1. The van der Waals surface area contributed by atoms with E-state index in [1.807, 2.05) is 30.3 Å². The van der Waals surface area contributed by atoms with Crippen LogP contribution in [0.25, 0.3) is 0 Å². The van der Waals surface area contributed by atoms with Gasteiger partial charge in [0.05, 0.1) is 0 Å². The van der Waals surface area contributed by atoms with E-state index in [1.54, 1.807) is 6.20 Å². The fourth-order valence-electron chi connectivity index (χ4n) is 2.49. The third-order valence-corrected chi connectivity index (χ3v) is 3.92. The van der Waals surface area contributed by atoms with Gasteiger partial charge in [-0.1, -0.05) is 48.0 Å². The van der Waals surface area contributed by atoms with Crippen molar-refractivity contribution in [1.29, 1.82) is 0 Å². The second-order valence-corrected chi connectivity index (χ2v) is 6.11. The zero-order chi connectivity index (χ0) is 18.0. The number of hydrogen-bond donors (Lipinski definition) is 1. The van der Waals surface area contributed by atoms with Gasteiger partial charge in [0.2, 0.25) is 5.88 Å². The zero-order valence-corrected chi connectivity index (χ0v) is 15.0. The van der Waals surface area contributed by atoms with Gasteiger partial charge in [-0.15, -0.1) is 0 Å². The van der Waals surface area contributed by atoms with Crippen molar-refractivity contribution in [3.8, 4) is 11.6 Å². The minimum atomic E-state index is 0.578. The summed E-state index contributed by atoms with van der Waals surface area (Å²) in [6, 6.07) is 22.2. The number of aromatic nitrogens is 1. The van der Waals surface area contributed by atoms with Gasteiger partial charge in [0.1, 0.15) is 19.0 Å². The first-order chi connectivity index (χ1) is 12.8. The second kappa shape index (κ2) is 9.59. The van der Waals surface area contributed by atoms with Crippen LogP contribution in [0.4, 0.5) is 0 Å². The predicted octanol–water partition coefficient (Wildman–Crippen LogP) is 4.14. The number of nitrogens with zero attached hydrogens (tertiary/aromatic N) is 1. The Bertz CT molecular complexity index is 789. The highest BCUT2D eigenvalue weighted by molar-refractivity contribution is 5.29. The maximum absolute atomic E-state index is 5.90. The Labute approximate surface area is 154 Å². The van der Waals surface area contributed by atoms with Gasteiger partial charge in [-0.25, -0.2) is 4.98 Å². The van der Waals surface area contributed by atoms with Crippen molar-refractivity contribution in [2.24, 2.45) is 0 Å². The normalized spacial score (nSPS) is 10.5. The highest BCUT2D eigenvalue weighted by Gasteiger charge is 1.99. The maximum Gasteiger partial charge on any atom is 0.213 e. The van der Waals surface area contributed by atoms with Crippen molar-refractivity contribution in [2.45, 2.75) is 20.1 Å². The molecule has 2 aromatic carbocycles. The number of rotatable bonds is 9. The molecule has 26 heavy (non-hydrogen) atoms. The topological polar surface area (TPSA) is 43.4 Å². The Hall–Kier alpha value is -2.85. The molecule has 4 nitrogen and oxygen atoms in total. The fraction of sp³-hybridized carbons (Fsp3) is 0.227. The average Bonchev–Trinajstić information content (AvgIpc) is 2.68. The van der Waals surface area contributed by atoms with Crippen LogP contribution in [-0.4, -0.2) is 18.1 Å². The summed E-state index contributed by atoms with van der Waals surface area (Å²) < 4.78 is 11.5. The molecule has 1 heterocycles. The molecule has 4 heteroatoms. The largest absolute Gasteiger partial charge is 0.489 e. The zero-order valence-electron chi connectivity index (χ0n) is 15.0.